The van der Waals surface area contributed by atoms with Gasteiger partial charge in [-0.3, -0.25) is 4.79 Å². The molecule has 5 nitrogen and oxygen atoms in total. The monoisotopic (exact) mass is 598 g/mol. The van der Waals surface area contributed by atoms with Crippen molar-refractivity contribution in [1.82, 2.24) is 4.31 Å². The molecule has 206 valence electrons. The Balaban J connectivity index is 1.29. The van der Waals surface area contributed by atoms with Crippen LogP contribution in [0.5, 0.6) is 0 Å². The zero-order valence-corrected chi connectivity index (χ0v) is 24.5. The number of hydrogen-bond donors (Lipinski definition) is 0. The maximum atomic E-state index is 14.5. The second-order valence-corrected chi connectivity index (χ2v) is 14.1. The Morgan fingerprint density at radius 1 is 0.829 bits per heavy atom. The number of anilines is 1. The lowest BCUT2D eigenvalue weighted by atomic mass is 10.0. The molecule has 0 aromatic heterocycles. The first-order valence-corrected chi connectivity index (χ1v) is 16.4. The average Bonchev–Trinajstić information content (AvgIpc) is 3.51. The van der Waals surface area contributed by atoms with E-state index >= 15 is 0 Å². The van der Waals surface area contributed by atoms with Crippen molar-refractivity contribution >= 4 is 66.5 Å². The lowest BCUT2D eigenvalue weighted by molar-refractivity contribution is -0.121. The Morgan fingerprint density at radius 2 is 1.54 bits per heavy atom. The molecule has 0 bridgehead atoms. The summed E-state index contributed by atoms with van der Waals surface area (Å²) in [6, 6.07) is 32.1. The zero-order chi connectivity index (χ0) is 28.1. The van der Waals surface area contributed by atoms with E-state index < -0.39 is 16.1 Å². The van der Waals surface area contributed by atoms with Crippen LogP contribution in [0.2, 0.25) is 5.02 Å². The Hall–Kier alpha value is -3.36. The van der Waals surface area contributed by atoms with E-state index in [2.05, 4.69) is 12.1 Å². The van der Waals surface area contributed by atoms with Crippen LogP contribution in [0.1, 0.15) is 23.7 Å². The predicted octanol–water partition coefficient (Wildman–Crippen LogP) is 7.68. The van der Waals surface area contributed by atoms with Crippen LogP contribution in [-0.4, -0.2) is 37.8 Å². The van der Waals surface area contributed by atoms with Crippen LogP contribution in [-0.2, 0) is 14.8 Å². The van der Waals surface area contributed by atoms with E-state index in [0.29, 0.717) is 31.0 Å². The number of amides is 1. The normalized spacial score (nSPS) is 19.5. The molecule has 0 radical (unpaired) electrons. The molecule has 2 atom stereocenters. The van der Waals surface area contributed by atoms with E-state index in [4.69, 9.17) is 11.6 Å². The molecule has 1 saturated heterocycles. The summed E-state index contributed by atoms with van der Waals surface area (Å²) in [6.45, 7) is 0.754. The number of thioether (sulfide) groups is 1. The number of nitrogens with zero attached hydrogens (tertiary/aromatic N) is 2. The van der Waals surface area contributed by atoms with Crippen molar-refractivity contribution in [2.75, 3.05) is 18.0 Å². The van der Waals surface area contributed by atoms with Gasteiger partial charge in [0.2, 0.25) is 15.9 Å². The maximum absolute atomic E-state index is 14.5. The molecule has 0 aliphatic carbocycles. The molecule has 7 rings (SSSR count). The van der Waals surface area contributed by atoms with Crippen molar-refractivity contribution in [2.45, 2.75) is 33.9 Å². The van der Waals surface area contributed by atoms with Gasteiger partial charge in [0.25, 0.3) is 0 Å². The highest BCUT2D eigenvalue weighted by atomic mass is 35.5. The van der Waals surface area contributed by atoms with Crippen molar-refractivity contribution in [3.05, 3.63) is 114 Å². The van der Waals surface area contributed by atoms with Gasteiger partial charge in [0.15, 0.2) is 0 Å². The largest absolute Gasteiger partial charge is 0.308 e. The van der Waals surface area contributed by atoms with E-state index in [-0.39, 0.29) is 16.1 Å². The Morgan fingerprint density at radius 3 is 2.34 bits per heavy atom. The fraction of sp³-hybridized carbons (Fsp3) is 0.182. The molecule has 41 heavy (non-hydrogen) atoms. The van der Waals surface area contributed by atoms with Crippen LogP contribution in [0, 0.1) is 0 Å². The van der Waals surface area contributed by atoms with Gasteiger partial charge in [-0.25, -0.2) is 8.42 Å². The van der Waals surface area contributed by atoms with Gasteiger partial charge in [0.1, 0.15) is 6.04 Å². The van der Waals surface area contributed by atoms with Crippen LogP contribution in [0.3, 0.4) is 0 Å². The highest BCUT2D eigenvalue weighted by molar-refractivity contribution is 7.99. The number of rotatable bonds is 4. The number of sulfonamides is 1. The van der Waals surface area contributed by atoms with Crippen LogP contribution in [0.4, 0.5) is 5.69 Å². The Labute approximate surface area is 248 Å². The van der Waals surface area contributed by atoms with E-state index in [0.717, 1.165) is 37.7 Å². The van der Waals surface area contributed by atoms with Crippen LogP contribution in [0.25, 0.3) is 21.5 Å². The Kier molecular flexibility index (Phi) is 6.78. The zero-order valence-electron chi connectivity index (χ0n) is 22.1. The van der Waals surface area contributed by atoms with Crippen molar-refractivity contribution in [1.29, 1.82) is 0 Å². The molecule has 0 N–H and O–H groups in total. The third-order valence-electron chi connectivity index (χ3n) is 8.08. The molecular weight excluding hydrogens is 572 g/mol. The number of hydrogen-bond acceptors (Lipinski definition) is 4. The molecule has 0 spiro atoms. The van der Waals surface area contributed by atoms with Gasteiger partial charge >= 0.3 is 0 Å². The van der Waals surface area contributed by atoms with E-state index in [1.165, 1.54) is 4.31 Å². The second kappa shape index (κ2) is 10.5. The number of carbonyl (C=O) groups is 1. The van der Waals surface area contributed by atoms with Gasteiger partial charge in [0, 0.05) is 28.4 Å². The standard InChI is InChI=1S/C33H27ClN2O3S2/c34-26-15-11-24(12-16-26)31-21-35(32-28-9-4-3-7-23(28)14-18-30(32)40-31)33(37)29-10-5-19-36(29)41(38,39)27-17-13-22-6-1-2-8-25(22)20-27/h1-4,6-9,11-18,20,29,31H,5,10,19,21H2/t29-,31+/m0/s1. The minimum absolute atomic E-state index is 0.0168. The fourth-order valence-corrected chi connectivity index (χ4v) is 9.14. The van der Waals surface area contributed by atoms with Crippen molar-refractivity contribution < 1.29 is 13.2 Å². The molecule has 0 saturated carbocycles. The lowest BCUT2D eigenvalue weighted by Gasteiger charge is -2.38. The molecule has 1 amide bonds. The van der Waals surface area contributed by atoms with Gasteiger partial charge in [-0.1, -0.05) is 84.4 Å². The fourth-order valence-electron chi connectivity index (χ4n) is 6.03. The summed E-state index contributed by atoms with van der Waals surface area (Å²) in [5, 5.41) is 4.51. The first kappa shape index (κ1) is 26.5. The molecule has 2 aliphatic heterocycles. The average molecular weight is 599 g/mol. The topological polar surface area (TPSA) is 57.7 Å². The number of halogens is 1. The summed E-state index contributed by atoms with van der Waals surface area (Å²) in [6.07, 6.45) is 1.12. The smallest absolute Gasteiger partial charge is 0.245 e. The van der Waals surface area contributed by atoms with Crippen molar-refractivity contribution in [3.63, 3.8) is 0 Å². The lowest BCUT2D eigenvalue weighted by Crippen LogP contribution is -2.49. The molecule has 5 aromatic carbocycles. The van der Waals surface area contributed by atoms with Crippen molar-refractivity contribution in [2.24, 2.45) is 0 Å². The van der Waals surface area contributed by atoms with E-state index in [1.807, 2.05) is 83.8 Å². The summed E-state index contributed by atoms with van der Waals surface area (Å²) in [4.78, 5) is 17.6. The van der Waals surface area contributed by atoms with Crippen molar-refractivity contribution in [3.8, 4) is 0 Å². The van der Waals surface area contributed by atoms with Crippen LogP contribution in [0.15, 0.2) is 113 Å². The summed E-state index contributed by atoms with van der Waals surface area (Å²) in [5.41, 5.74) is 1.93. The third kappa shape index (κ3) is 4.71. The second-order valence-electron chi connectivity index (χ2n) is 10.5. The van der Waals surface area contributed by atoms with Crippen LogP contribution >= 0.6 is 23.4 Å². The van der Waals surface area contributed by atoms with E-state index in [1.54, 1.807) is 23.9 Å². The highest BCUT2D eigenvalue weighted by Crippen LogP contribution is 2.49. The highest BCUT2D eigenvalue weighted by Gasteiger charge is 2.43. The summed E-state index contributed by atoms with van der Waals surface area (Å²) in [7, 11) is -3.89. The minimum Gasteiger partial charge on any atom is -0.308 e. The number of fused-ring (bicyclic) bond motifs is 4. The maximum Gasteiger partial charge on any atom is 0.245 e. The predicted molar refractivity (Wildman–Crippen MR) is 167 cm³/mol. The third-order valence-corrected chi connectivity index (χ3v) is 11.5. The van der Waals surface area contributed by atoms with Gasteiger partial charge < -0.3 is 4.90 Å². The molecule has 5 aromatic rings. The SMILES string of the molecule is O=C([C@@H]1CCCN1S(=O)(=O)c1ccc2ccccc2c1)N1C[C@H](c2ccc(Cl)cc2)Sc2ccc3ccccc3c21. The number of carbonyl (C=O) groups excluding carboxylic acids is 1. The summed E-state index contributed by atoms with van der Waals surface area (Å²) in [5.74, 6) is -0.177. The Bertz CT molecular complexity index is 1910. The summed E-state index contributed by atoms with van der Waals surface area (Å²) >= 11 is 7.90. The molecular formula is C33H27ClN2O3S2. The van der Waals surface area contributed by atoms with Gasteiger partial charge in [0.05, 0.1) is 15.8 Å². The number of benzene rings is 5. The molecule has 2 heterocycles. The minimum atomic E-state index is -3.89. The van der Waals surface area contributed by atoms with E-state index in [9.17, 15) is 13.2 Å². The first-order valence-electron chi connectivity index (χ1n) is 13.7. The van der Waals surface area contributed by atoms with Gasteiger partial charge in [-0.2, -0.15) is 4.31 Å². The quantitative estimate of drug-likeness (QED) is 0.213. The summed E-state index contributed by atoms with van der Waals surface area (Å²) < 4.78 is 29.4. The molecule has 0 unspecified atom stereocenters. The van der Waals surface area contributed by atoms with Gasteiger partial charge in [-0.15, -0.1) is 11.8 Å². The van der Waals surface area contributed by atoms with Crippen LogP contribution < -0.4 is 4.90 Å². The molecule has 8 heteroatoms. The van der Waals surface area contributed by atoms with Gasteiger partial charge in [-0.05, 0) is 64.9 Å². The first-order chi connectivity index (χ1) is 19.9. The molecule has 1 fully saturated rings. The molecule has 2 aliphatic rings.